The SMILES string of the molecule is CCCCOCCOCCOCCCC(NC)C1CC1. The lowest BCUT2D eigenvalue weighted by Gasteiger charge is -2.14. The number of ether oxygens (including phenoxy) is 3. The van der Waals surface area contributed by atoms with Gasteiger partial charge in [-0.05, 0) is 45.1 Å². The Morgan fingerprint density at radius 3 is 1.95 bits per heavy atom. The van der Waals surface area contributed by atoms with Crippen LogP contribution in [0.3, 0.4) is 0 Å². The van der Waals surface area contributed by atoms with Crippen LogP contribution >= 0.6 is 0 Å². The molecule has 1 saturated carbocycles. The molecule has 0 bridgehead atoms. The van der Waals surface area contributed by atoms with Gasteiger partial charge >= 0.3 is 0 Å². The van der Waals surface area contributed by atoms with E-state index >= 15 is 0 Å². The molecule has 0 aromatic heterocycles. The molecule has 1 aliphatic carbocycles. The van der Waals surface area contributed by atoms with Crippen LogP contribution < -0.4 is 5.32 Å². The number of hydrogen-bond donors (Lipinski definition) is 1. The second kappa shape index (κ2) is 12.6. The lowest BCUT2D eigenvalue weighted by molar-refractivity contribution is 0.0131. The van der Waals surface area contributed by atoms with Crippen molar-refractivity contribution in [2.45, 2.75) is 51.5 Å². The van der Waals surface area contributed by atoms with Crippen LogP contribution in [0.25, 0.3) is 0 Å². The first kappa shape index (κ1) is 17.9. The van der Waals surface area contributed by atoms with Gasteiger partial charge in [-0.3, -0.25) is 0 Å². The highest BCUT2D eigenvalue weighted by Gasteiger charge is 2.29. The van der Waals surface area contributed by atoms with Gasteiger partial charge in [-0.25, -0.2) is 0 Å². The third-order valence-corrected chi connectivity index (χ3v) is 3.75. The zero-order valence-corrected chi connectivity index (χ0v) is 13.4. The first-order valence-electron chi connectivity index (χ1n) is 8.29. The van der Waals surface area contributed by atoms with Gasteiger partial charge in [0.25, 0.3) is 0 Å². The van der Waals surface area contributed by atoms with Gasteiger partial charge in [-0.2, -0.15) is 0 Å². The summed E-state index contributed by atoms with van der Waals surface area (Å²) in [6, 6.07) is 0.704. The molecule has 0 amide bonds. The van der Waals surface area contributed by atoms with Crippen molar-refractivity contribution in [2.75, 3.05) is 46.7 Å². The van der Waals surface area contributed by atoms with Crippen molar-refractivity contribution >= 4 is 0 Å². The third-order valence-electron chi connectivity index (χ3n) is 3.75. The molecule has 120 valence electrons. The van der Waals surface area contributed by atoms with Crippen molar-refractivity contribution in [3.05, 3.63) is 0 Å². The van der Waals surface area contributed by atoms with Crippen LogP contribution in [0.1, 0.15) is 45.4 Å². The molecule has 0 spiro atoms. The number of hydrogen-bond acceptors (Lipinski definition) is 4. The topological polar surface area (TPSA) is 39.7 Å². The summed E-state index contributed by atoms with van der Waals surface area (Å²) in [5, 5.41) is 3.41. The standard InChI is InChI=1S/C16H33NO3/c1-3-4-9-18-11-13-20-14-12-19-10-5-6-16(17-2)15-7-8-15/h15-17H,3-14H2,1-2H3. The fourth-order valence-corrected chi connectivity index (χ4v) is 2.31. The molecule has 4 heteroatoms. The van der Waals surface area contributed by atoms with Gasteiger partial charge in [0.1, 0.15) is 0 Å². The summed E-state index contributed by atoms with van der Waals surface area (Å²) < 4.78 is 16.4. The van der Waals surface area contributed by atoms with E-state index in [0.29, 0.717) is 32.5 Å². The predicted octanol–water partition coefficient (Wildman–Crippen LogP) is 2.61. The van der Waals surface area contributed by atoms with E-state index in [1.54, 1.807) is 0 Å². The van der Waals surface area contributed by atoms with Crippen LogP contribution in [-0.2, 0) is 14.2 Å². The summed E-state index contributed by atoms with van der Waals surface area (Å²) in [5.41, 5.74) is 0. The average molecular weight is 287 g/mol. The maximum absolute atomic E-state index is 5.58. The molecule has 20 heavy (non-hydrogen) atoms. The van der Waals surface area contributed by atoms with E-state index in [-0.39, 0.29) is 0 Å². The van der Waals surface area contributed by atoms with Gasteiger partial charge in [0.15, 0.2) is 0 Å². The molecule has 4 nitrogen and oxygen atoms in total. The molecule has 0 radical (unpaired) electrons. The van der Waals surface area contributed by atoms with Crippen molar-refractivity contribution in [3.63, 3.8) is 0 Å². The molecule has 1 N–H and O–H groups in total. The second-order valence-electron chi connectivity index (χ2n) is 5.57. The van der Waals surface area contributed by atoms with Crippen LogP contribution in [-0.4, -0.2) is 52.7 Å². The fourth-order valence-electron chi connectivity index (χ4n) is 2.31. The van der Waals surface area contributed by atoms with Crippen molar-refractivity contribution in [1.29, 1.82) is 0 Å². The minimum Gasteiger partial charge on any atom is -0.379 e. The van der Waals surface area contributed by atoms with E-state index in [1.165, 1.54) is 25.7 Å². The molecule has 1 atom stereocenters. The Kier molecular flexibility index (Phi) is 11.2. The van der Waals surface area contributed by atoms with Gasteiger partial charge < -0.3 is 19.5 Å². The molecule has 0 heterocycles. The zero-order chi connectivity index (χ0) is 14.5. The summed E-state index contributed by atoms with van der Waals surface area (Å²) in [6.45, 7) is 6.62. The van der Waals surface area contributed by atoms with Gasteiger partial charge in [-0.1, -0.05) is 13.3 Å². The molecular weight excluding hydrogens is 254 g/mol. The van der Waals surface area contributed by atoms with Gasteiger partial charge in [0.2, 0.25) is 0 Å². The second-order valence-corrected chi connectivity index (χ2v) is 5.57. The van der Waals surface area contributed by atoms with Gasteiger partial charge in [0.05, 0.1) is 26.4 Å². The molecular formula is C16H33NO3. The lowest BCUT2D eigenvalue weighted by atomic mass is 10.1. The average Bonchev–Trinajstić information content (AvgIpc) is 3.29. The highest BCUT2D eigenvalue weighted by atomic mass is 16.5. The summed E-state index contributed by atoms with van der Waals surface area (Å²) in [6.07, 6.45) is 7.50. The Balaban J connectivity index is 1.72. The maximum Gasteiger partial charge on any atom is 0.0701 e. The maximum atomic E-state index is 5.58. The molecule has 0 aromatic rings. The molecule has 0 aliphatic heterocycles. The number of nitrogens with one attached hydrogen (secondary N) is 1. The third kappa shape index (κ3) is 9.70. The van der Waals surface area contributed by atoms with E-state index in [4.69, 9.17) is 14.2 Å². The molecule has 1 unspecified atom stereocenters. The van der Waals surface area contributed by atoms with Crippen LogP contribution in [0.2, 0.25) is 0 Å². The van der Waals surface area contributed by atoms with E-state index in [0.717, 1.165) is 32.0 Å². The Labute approximate surface area is 124 Å². The largest absolute Gasteiger partial charge is 0.379 e. The number of unbranched alkanes of at least 4 members (excludes halogenated alkanes) is 1. The van der Waals surface area contributed by atoms with Crippen molar-refractivity contribution in [1.82, 2.24) is 5.32 Å². The highest BCUT2D eigenvalue weighted by molar-refractivity contribution is 4.85. The quantitative estimate of drug-likeness (QED) is 0.470. The first-order valence-corrected chi connectivity index (χ1v) is 8.29. The predicted molar refractivity (Wildman–Crippen MR) is 82.2 cm³/mol. The molecule has 0 aromatic carbocycles. The fraction of sp³-hybridized carbons (Fsp3) is 1.00. The van der Waals surface area contributed by atoms with Crippen LogP contribution in [0.5, 0.6) is 0 Å². The summed E-state index contributed by atoms with van der Waals surface area (Å²) in [4.78, 5) is 0. The highest BCUT2D eigenvalue weighted by Crippen LogP contribution is 2.34. The van der Waals surface area contributed by atoms with E-state index in [1.807, 2.05) is 0 Å². The van der Waals surface area contributed by atoms with E-state index in [2.05, 4.69) is 19.3 Å². The molecule has 0 saturated heterocycles. The van der Waals surface area contributed by atoms with Gasteiger partial charge in [-0.15, -0.1) is 0 Å². The zero-order valence-electron chi connectivity index (χ0n) is 13.4. The normalized spacial score (nSPS) is 16.5. The first-order chi connectivity index (χ1) is 9.88. The summed E-state index contributed by atoms with van der Waals surface area (Å²) >= 11 is 0. The molecule has 1 aliphatic rings. The van der Waals surface area contributed by atoms with Crippen LogP contribution in [0.4, 0.5) is 0 Å². The Hall–Kier alpha value is -0.160. The minimum absolute atomic E-state index is 0.676. The lowest BCUT2D eigenvalue weighted by Crippen LogP contribution is -2.27. The Bertz CT molecular complexity index is 210. The Morgan fingerprint density at radius 2 is 1.45 bits per heavy atom. The monoisotopic (exact) mass is 287 g/mol. The van der Waals surface area contributed by atoms with Crippen LogP contribution in [0, 0.1) is 5.92 Å². The van der Waals surface area contributed by atoms with Crippen molar-refractivity contribution in [3.8, 4) is 0 Å². The Morgan fingerprint density at radius 1 is 0.900 bits per heavy atom. The van der Waals surface area contributed by atoms with E-state index in [9.17, 15) is 0 Å². The molecule has 1 rings (SSSR count). The number of rotatable bonds is 15. The smallest absolute Gasteiger partial charge is 0.0701 e. The summed E-state index contributed by atoms with van der Waals surface area (Å²) in [7, 11) is 2.07. The van der Waals surface area contributed by atoms with Crippen molar-refractivity contribution in [2.24, 2.45) is 5.92 Å². The molecule has 1 fully saturated rings. The van der Waals surface area contributed by atoms with E-state index < -0.39 is 0 Å². The summed E-state index contributed by atoms with van der Waals surface area (Å²) in [5.74, 6) is 0.927. The minimum atomic E-state index is 0.676. The van der Waals surface area contributed by atoms with Gasteiger partial charge in [0, 0.05) is 19.3 Å². The van der Waals surface area contributed by atoms with Crippen LogP contribution in [0.15, 0.2) is 0 Å². The van der Waals surface area contributed by atoms with Crippen molar-refractivity contribution < 1.29 is 14.2 Å².